The number of anilines is 2. The van der Waals surface area contributed by atoms with Gasteiger partial charge in [-0.15, -0.1) is 0 Å². The smallest absolute Gasteiger partial charge is 0.270 e. The van der Waals surface area contributed by atoms with Crippen LogP contribution in [-0.4, -0.2) is 68.4 Å². The number of piperazine rings is 1. The summed E-state index contributed by atoms with van der Waals surface area (Å²) in [4.78, 5) is 33.7. The molecule has 1 aliphatic rings. The molecule has 4 aromatic rings. The van der Waals surface area contributed by atoms with E-state index in [1.807, 2.05) is 53.4 Å². The first-order valence-electron chi connectivity index (χ1n) is 10.9. The van der Waals surface area contributed by atoms with Crippen LogP contribution in [0.1, 0.15) is 17.4 Å². The van der Waals surface area contributed by atoms with Gasteiger partial charge in [-0.05, 0) is 49.0 Å². The highest BCUT2D eigenvalue weighted by Gasteiger charge is 2.22. The predicted molar refractivity (Wildman–Crippen MR) is 125 cm³/mol. The number of fused-ring (bicyclic) bond motifs is 1. The molecule has 8 heteroatoms. The molecule has 1 amide bonds. The number of nitrogens with zero attached hydrogens (tertiary/aromatic N) is 5. The third kappa shape index (κ3) is 4.17. The largest absolute Gasteiger partial charge is 0.351 e. The number of rotatable bonds is 5. The minimum atomic E-state index is 0.0536. The monoisotopic (exact) mass is 427 g/mol. The van der Waals surface area contributed by atoms with Crippen LogP contribution in [0.4, 0.5) is 11.6 Å². The van der Waals surface area contributed by atoms with Crippen LogP contribution in [0.25, 0.3) is 22.3 Å². The van der Waals surface area contributed by atoms with E-state index in [1.165, 1.54) is 0 Å². The Morgan fingerprint density at radius 3 is 2.66 bits per heavy atom. The molecular formula is C24H25N7O. The van der Waals surface area contributed by atoms with Crippen molar-refractivity contribution in [1.29, 1.82) is 0 Å². The second kappa shape index (κ2) is 8.76. The van der Waals surface area contributed by atoms with Crippen molar-refractivity contribution in [2.45, 2.75) is 6.92 Å². The Kier molecular flexibility index (Phi) is 5.51. The molecule has 0 saturated carbocycles. The second-order valence-corrected chi connectivity index (χ2v) is 7.82. The normalized spacial score (nSPS) is 14.6. The van der Waals surface area contributed by atoms with E-state index in [2.05, 4.69) is 37.1 Å². The zero-order chi connectivity index (χ0) is 21.9. The van der Waals surface area contributed by atoms with Gasteiger partial charge in [0.05, 0.1) is 11.4 Å². The number of H-pyrrole nitrogens is 1. The summed E-state index contributed by atoms with van der Waals surface area (Å²) in [5, 5.41) is 4.22. The molecule has 1 aromatic carbocycles. The average Bonchev–Trinajstić information content (AvgIpc) is 3.28. The van der Waals surface area contributed by atoms with Gasteiger partial charge in [0.25, 0.3) is 5.91 Å². The topological polar surface area (TPSA) is 90.0 Å². The van der Waals surface area contributed by atoms with E-state index in [-0.39, 0.29) is 5.91 Å². The van der Waals surface area contributed by atoms with Crippen molar-refractivity contribution in [2.24, 2.45) is 0 Å². The van der Waals surface area contributed by atoms with Crippen LogP contribution < -0.4 is 5.32 Å². The summed E-state index contributed by atoms with van der Waals surface area (Å²) in [5.41, 5.74) is 3.94. The fourth-order valence-corrected chi connectivity index (χ4v) is 3.97. The first kappa shape index (κ1) is 20.1. The average molecular weight is 428 g/mol. The van der Waals surface area contributed by atoms with Crippen molar-refractivity contribution >= 4 is 28.4 Å². The minimum Gasteiger partial charge on any atom is -0.351 e. The number of hydrogen-bond acceptors (Lipinski definition) is 6. The molecule has 3 aromatic heterocycles. The molecule has 5 rings (SSSR count). The summed E-state index contributed by atoms with van der Waals surface area (Å²) in [5.74, 6) is 0.547. The van der Waals surface area contributed by atoms with E-state index < -0.39 is 0 Å². The summed E-state index contributed by atoms with van der Waals surface area (Å²) in [6.07, 6.45) is 3.45. The number of carbonyl (C=O) groups excluding carboxylic acids is 1. The Bertz CT molecular complexity index is 1230. The quantitative estimate of drug-likeness (QED) is 0.506. The lowest BCUT2D eigenvalue weighted by molar-refractivity contribution is 0.0638. The van der Waals surface area contributed by atoms with Gasteiger partial charge in [0.1, 0.15) is 5.69 Å². The van der Waals surface area contributed by atoms with Gasteiger partial charge in [-0.2, -0.15) is 0 Å². The van der Waals surface area contributed by atoms with Crippen LogP contribution in [0.15, 0.2) is 60.9 Å². The Morgan fingerprint density at radius 1 is 1.00 bits per heavy atom. The standard InChI is InChI=1S/C24H25N7O/c1-2-30-11-13-31(14-12-30)23(32)22-16-17-15-18(6-7-19(17)28-22)27-24-26-10-8-21(29-24)20-5-3-4-9-25-20/h3-10,15-16,28H,2,11-14H2,1H3,(H,26,27,29). The highest BCUT2D eigenvalue weighted by molar-refractivity contribution is 5.98. The van der Waals surface area contributed by atoms with Gasteiger partial charge >= 0.3 is 0 Å². The van der Waals surface area contributed by atoms with Crippen molar-refractivity contribution < 1.29 is 4.79 Å². The summed E-state index contributed by atoms with van der Waals surface area (Å²) in [6, 6.07) is 15.4. The van der Waals surface area contributed by atoms with Crippen LogP contribution in [0.5, 0.6) is 0 Å². The van der Waals surface area contributed by atoms with Gasteiger partial charge in [0, 0.05) is 55.2 Å². The van der Waals surface area contributed by atoms with E-state index in [0.717, 1.165) is 60.7 Å². The van der Waals surface area contributed by atoms with Gasteiger partial charge in [0.15, 0.2) is 0 Å². The number of carbonyl (C=O) groups is 1. The Balaban J connectivity index is 1.33. The fraction of sp³-hybridized carbons (Fsp3) is 0.250. The lowest BCUT2D eigenvalue weighted by atomic mass is 10.2. The third-order valence-corrected chi connectivity index (χ3v) is 5.80. The molecule has 0 spiro atoms. The minimum absolute atomic E-state index is 0.0536. The molecule has 0 atom stereocenters. The van der Waals surface area contributed by atoms with E-state index in [0.29, 0.717) is 11.6 Å². The van der Waals surface area contributed by atoms with Crippen LogP contribution in [0.2, 0.25) is 0 Å². The number of aromatic amines is 1. The van der Waals surface area contributed by atoms with E-state index in [9.17, 15) is 4.79 Å². The molecule has 0 radical (unpaired) electrons. The zero-order valence-corrected chi connectivity index (χ0v) is 18.0. The SMILES string of the molecule is CCN1CCN(C(=O)c2cc3cc(Nc4nccc(-c5ccccn5)n4)ccc3[nH]2)CC1. The number of amides is 1. The lowest BCUT2D eigenvalue weighted by Gasteiger charge is -2.33. The maximum Gasteiger partial charge on any atom is 0.270 e. The number of pyridine rings is 1. The number of aromatic nitrogens is 4. The number of hydrogen-bond donors (Lipinski definition) is 2. The van der Waals surface area contributed by atoms with Crippen LogP contribution in [0.3, 0.4) is 0 Å². The molecule has 2 N–H and O–H groups in total. The number of benzene rings is 1. The van der Waals surface area contributed by atoms with E-state index >= 15 is 0 Å². The molecule has 1 fully saturated rings. The molecule has 1 saturated heterocycles. The van der Waals surface area contributed by atoms with Gasteiger partial charge < -0.3 is 20.1 Å². The first-order valence-corrected chi connectivity index (χ1v) is 10.9. The molecule has 1 aliphatic heterocycles. The first-order chi connectivity index (χ1) is 15.7. The fourth-order valence-electron chi connectivity index (χ4n) is 3.97. The zero-order valence-electron chi connectivity index (χ0n) is 18.0. The Hall–Kier alpha value is -3.78. The van der Waals surface area contributed by atoms with E-state index in [1.54, 1.807) is 12.4 Å². The Morgan fingerprint density at radius 2 is 1.88 bits per heavy atom. The summed E-state index contributed by atoms with van der Waals surface area (Å²) < 4.78 is 0. The molecule has 0 aliphatic carbocycles. The van der Waals surface area contributed by atoms with Crippen LogP contribution in [0, 0.1) is 0 Å². The summed E-state index contributed by atoms with van der Waals surface area (Å²) >= 11 is 0. The summed E-state index contributed by atoms with van der Waals surface area (Å²) in [7, 11) is 0. The highest BCUT2D eigenvalue weighted by Crippen LogP contribution is 2.24. The van der Waals surface area contributed by atoms with Gasteiger partial charge in [-0.1, -0.05) is 13.0 Å². The molecule has 32 heavy (non-hydrogen) atoms. The van der Waals surface area contributed by atoms with Gasteiger partial charge in [0.2, 0.25) is 5.95 Å². The van der Waals surface area contributed by atoms with Gasteiger partial charge in [-0.25, -0.2) is 9.97 Å². The molecule has 0 bridgehead atoms. The maximum atomic E-state index is 12.9. The van der Waals surface area contributed by atoms with Crippen molar-refractivity contribution in [2.75, 3.05) is 38.0 Å². The molecular weight excluding hydrogens is 402 g/mol. The molecule has 8 nitrogen and oxygen atoms in total. The van der Waals surface area contributed by atoms with Crippen LogP contribution >= 0.6 is 0 Å². The maximum absolute atomic E-state index is 12.9. The highest BCUT2D eigenvalue weighted by atomic mass is 16.2. The van der Waals surface area contributed by atoms with Crippen molar-refractivity contribution in [3.8, 4) is 11.4 Å². The molecule has 162 valence electrons. The number of likely N-dealkylation sites (N-methyl/N-ethyl adjacent to an activating group) is 1. The lowest BCUT2D eigenvalue weighted by Crippen LogP contribution is -2.48. The third-order valence-electron chi connectivity index (χ3n) is 5.80. The van der Waals surface area contributed by atoms with Crippen molar-refractivity contribution in [1.82, 2.24) is 29.7 Å². The Labute approximate surface area is 186 Å². The second-order valence-electron chi connectivity index (χ2n) is 7.82. The van der Waals surface area contributed by atoms with Crippen LogP contribution in [-0.2, 0) is 0 Å². The molecule has 0 unspecified atom stereocenters. The predicted octanol–water partition coefficient (Wildman–Crippen LogP) is 3.54. The van der Waals surface area contributed by atoms with E-state index in [4.69, 9.17) is 0 Å². The van der Waals surface area contributed by atoms with Crippen molar-refractivity contribution in [3.63, 3.8) is 0 Å². The van der Waals surface area contributed by atoms with Gasteiger partial charge in [-0.3, -0.25) is 9.78 Å². The molecule has 4 heterocycles. The summed E-state index contributed by atoms with van der Waals surface area (Å²) in [6.45, 7) is 6.55. The number of nitrogens with one attached hydrogen (secondary N) is 2. The van der Waals surface area contributed by atoms with Crippen molar-refractivity contribution in [3.05, 3.63) is 66.6 Å².